The lowest BCUT2D eigenvalue weighted by atomic mass is 10.1. The maximum atomic E-state index is 4.21. The molecule has 142 valence electrons. The average Bonchev–Trinajstić information content (AvgIpc) is 2.61. The minimum atomic E-state index is 0.431. The van der Waals surface area contributed by atoms with Gasteiger partial charge >= 0.3 is 0 Å². The zero-order valence-electron chi connectivity index (χ0n) is 18.0. The summed E-state index contributed by atoms with van der Waals surface area (Å²) in [5.74, 6) is 2.94. The van der Waals surface area contributed by atoms with Gasteiger partial charge in [0.1, 0.15) is 11.6 Å². The third kappa shape index (κ3) is 13.2. The highest BCUT2D eigenvalue weighted by Gasteiger charge is 1.99. The van der Waals surface area contributed by atoms with Crippen LogP contribution in [0.15, 0.2) is 24.8 Å². The van der Waals surface area contributed by atoms with Gasteiger partial charge in [0.25, 0.3) is 0 Å². The Labute approximate surface area is 155 Å². The predicted octanol–water partition coefficient (Wildman–Crippen LogP) is 5.94. The summed E-state index contributed by atoms with van der Waals surface area (Å²) in [5.41, 5.74) is 2.24. The molecule has 0 radical (unpaired) electrons. The van der Waals surface area contributed by atoms with E-state index in [0.717, 1.165) is 29.2 Å². The summed E-state index contributed by atoms with van der Waals surface area (Å²) in [5, 5.41) is 0. The van der Waals surface area contributed by atoms with Crippen molar-refractivity contribution in [1.82, 2.24) is 19.9 Å². The molecule has 0 N–H and O–H groups in total. The van der Waals surface area contributed by atoms with Crippen molar-refractivity contribution in [2.24, 2.45) is 5.92 Å². The van der Waals surface area contributed by atoms with Gasteiger partial charge in [-0.2, -0.15) is 0 Å². The molecule has 0 aromatic carbocycles. The number of aryl methyl sites for hydroxylation is 2. The van der Waals surface area contributed by atoms with Crippen molar-refractivity contribution >= 4 is 0 Å². The molecule has 0 aliphatic carbocycles. The van der Waals surface area contributed by atoms with Gasteiger partial charge in [0.15, 0.2) is 0 Å². The fraction of sp³-hybridized carbons (Fsp3) is 0.619. The molecule has 2 heterocycles. The fourth-order valence-corrected chi connectivity index (χ4v) is 1.59. The lowest BCUT2D eigenvalue weighted by Gasteiger charge is -2.01. The Morgan fingerprint density at radius 1 is 0.680 bits per heavy atom. The fourth-order valence-electron chi connectivity index (χ4n) is 1.59. The summed E-state index contributed by atoms with van der Waals surface area (Å²) in [6.07, 6.45) is 8.40. The van der Waals surface area contributed by atoms with Crippen molar-refractivity contribution in [3.63, 3.8) is 0 Å². The predicted molar refractivity (Wildman–Crippen MR) is 109 cm³/mol. The van der Waals surface area contributed by atoms with Gasteiger partial charge in [-0.1, -0.05) is 55.4 Å². The number of hydrogen-bond donors (Lipinski definition) is 0. The van der Waals surface area contributed by atoms with Crippen LogP contribution in [-0.2, 0) is 6.42 Å². The minimum Gasteiger partial charge on any atom is -0.241 e. The van der Waals surface area contributed by atoms with E-state index >= 15 is 0 Å². The molecular formula is C21H38N4. The first-order chi connectivity index (χ1) is 11.9. The molecule has 0 bridgehead atoms. The van der Waals surface area contributed by atoms with E-state index in [-0.39, 0.29) is 0 Å². The van der Waals surface area contributed by atoms with Gasteiger partial charge in [0.05, 0.1) is 0 Å². The Kier molecular flexibility index (Phi) is 15.9. The van der Waals surface area contributed by atoms with Crippen molar-refractivity contribution in [3.05, 3.63) is 47.6 Å². The van der Waals surface area contributed by atoms with Crippen molar-refractivity contribution in [1.29, 1.82) is 0 Å². The quantitative estimate of drug-likeness (QED) is 0.689. The highest BCUT2D eigenvalue weighted by molar-refractivity contribution is 5.03. The van der Waals surface area contributed by atoms with Crippen LogP contribution >= 0.6 is 0 Å². The smallest absolute Gasteiger partial charge is 0.130 e. The van der Waals surface area contributed by atoms with Crippen LogP contribution < -0.4 is 0 Å². The van der Waals surface area contributed by atoms with Gasteiger partial charge < -0.3 is 0 Å². The van der Waals surface area contributed by atoms with E-state index in [1.807, 2.05) is 66.3 Å². The Bertz CT molecular complexity index is 517. The molecule has 0 amide bonds. The van der Waals surface area contributed by atoms with Gasteiger partial charge in [0, 0.05) is 37.1 Å². The first kappa shape index (κ1) is 25.4. The molecule has 0 saturated heterocycles. The molecule has 2 aromatic heterocycles. The van der Waals surface area contributed by atoms with Crippen LogP contribution in [0.2, 0.25) is 0 Å². The van der Waals surface area contributed by atoms with E-state index in [1.54, 1.807) is 0 Å². The Balaban J connectivity index is 0. The molecule has 4 heteroatoms. The SMILES string of the molecule is CC.CC.Cc1cnc(C(C)C)nc1.Cc1cnc(CC(C)C)nc1. The van der Waals surface area contributed by atoms with Crippen LogP contribution in [0.1, 0.15) is 84.1 Å². The second-order valence-electron chi connectivity index (χ2n) is 6.05. The van der Waals surface area contributed by atoms with Crippen molar-refractivity contribution in [3.8, 4) is 0 Å². The molecule has 0 aliphatic rings. The van der Waals surface area contributed by atoms with Crippen LogP contribution in [-0.4, -0.2) is 19.9 Å². The highest BCUT2D eigenvalue weighted by Crippen LogP contribution is 2.06. The maximum Gasteiger partial charge on any atom is 0.130 e. The summed E-state index contributed by atoms with van der Waals surface area (Å²) in [6, 6.07) is 0. The zero-order valence-corrected chi connectivity index (χ0v) is 18.0. The molecule has 0 unspecified atom stereocenters. The molecule has 25 heavy (non-hydrogen) atoms. The lowest BCUT2D eigenvalue weighted by molar-refractivity contribution is 0.620. The first-order valence-corrected chi connectivity index (χ1v) is 9.44. The summed E-state index contributed by atoms with van der Waals surface area (Å²) >= 11 is 0. The van der Waals surface area contributed by atoms with Gasteiger partial charge in [-0.05, 0) is 30.9 Å². The first-order valence-electron chi connectivity index (χ1n) is 9.44. The summed E-state index contributed by atoms with van der Waals surface area (Å²) in [7, 11) is 0. The zero-order chi connectivity index (χ0) is 19.8. The molecule has 4 nitrogen and oxygen atoms in total. The largest absolute Gasteiger partial charge is 0.241 e. The molecule has 0 aliphatic heterocycles. The Morgan fingerprint density at radius 2 is 1.04 bits per heavy atom. The molecule has 0 fully saturated rings. The van der Waals surface area contributed by atoms with E-state index in [4.69, 9.17) is 0 Å². The minimum absolute atomic E-state index is 0.431. The van der Waals surface area contributed by atoms with Crippen LogP contribution in [0.5, 0.6) is 0 Å². The third-order valence-corrected chi connectivity index (χ3v) is 2.74. The van der Waals surface area contributed by atoms with Gasteiger partial charge in [-0.25, -0.2) is 19.9 Å². The van der Waals surface area contributed by atoms with Gasteiger partial charge in [-0.15, -0.1) is 0 Å². The van der Waals surface area contributed by atoms with E-state index < -0.39 is 0 Å². The maximum absolute atomic E-state index is 4.21. The van der Waals surface area contributed by atoms with Gasteiger partial charge in [0.2, 0.25) is 0 Å². The molecule has 0 spiro atoms. The van der Waals surface area contributed by atoms with Crippen molar-refractivity contribution in [2.75, 3.05) is 0 Å². The normalized spacial score (nSPS) is 9.28. The molecule has 2 aromatic rings. The summed E-state index contributed by atoms with van der Waals surface area (Å²) < 4.78 is 0. The van der Waals surface area contributed by atoms with E-state index in [0.29, 0.717) is 11.8 Å². The molecule has 0 saturated carbocycles. The number of rotatable bonds is 3. The van der Waals surface area contributed by atoms with Crippen LogP contribution in [0.25, 0.3) is 0 Å². The second kappa shape index (κ2) is 15.7. The van der Waals surface area contributed by atoms with Gasteiger partial charge in [-0.3, -0.25) is 0 Å². The lowest BCUT2D eigenvalue weighted by Crippen LogP contribution is -1.99. The third-order valence-electron chi connectivity index (χ3n) is 2.74. The summed E-state index contributed by atoms with van der Waals surface area (Å²) in [4.78, 5) is 16.7. The van der Waals surface area contributed by atoms with Crippen LogP contribution in [0.4, 0.5) is 0 Å². The standard InChI is InChI=1S/C9H14N2.C8H12N2.2C2H6/c1-7(2)4-9-10-5-8(3)6-11-9;1-6(2)8-9-4-7(3)5-10-8;2*1-2/h5-7H,4H2,1-3H3;4-6H,1-3H3;2*1-2H3. The molecular weight excluding hydrogens is 308 g/mol. The average molecular weight is 347 g/mol. The summed E-state index contributed by atoms with van der Waals surface area (Å²) in [6.45, 7) is 20.5. The van der Waals surface area contributed by atoms with Crippen LogP contribution in [0.3, 0.4) is 0 Å². The number of nitrogens with zero attached hydrogens (tertiary/aromatic N) is 4. The van der Waals surface area contributed by atoms with Crippen molar-refractivity contribution < 1.29 is 0 Å². The molecule has 0 atom stereocenters. The number of aromatic nitrogens is 4. The van der Waals surface area contributed by atoms with Crippen molar-refractivity contribution in [2.45, 2.75) is 81.6 Å². The highest BCUT2D eigenvalue weighted by atomic mass is 14.9. The molecule has 2 rings (SSSR count). The topological polar surface area (TPSA) is 51.6 Å². The van der Waals surface area contributed by atoms with E-state index in [1.165, 1.54) is 0 Å². The Morgan fingerprint density at radius 3 is 1.36 bits per heavy atom. The second-order valence-corrected chi connectivity index (χ2v) is 6.05. The van der Waals surface area contributed by atoms with Crippen LogP contribution in [0, 0.1) is 19.8 Å². The monoisotopic (exact) mass is 346 g/mol. The Hall–Kier alpha value is -1.84. The van der Waals surface area contributed by atoms with E-state index in [2.05, 4.69) is 47.6 Å². The number of hydrogen-bond acceptors (Lipinski definition) is 4. The van der Waals surface area contributed by atoms with E-state index in [9.17, 15) is 0 Å².